The first-order chi connectivity index (χ1) is 14.7. The Morgan fingerprint density at radius 3 is 2.80 bits per heavy atom. The van der Waals surface area contributed by atoms with Gasteiger partial charge in [-0.25, -0.2) is 9.37 Å². The number of carbonyl (C=O) groups excluding carboxylic acids is 1. The minimum atomic E-state index is -0.412. The number of amides is 1. The molecular weight excluding hydrogens is 385 g/mol. The second-order valence-corrected chi connectivity index (χ2v) is 7.38. The summed E-state index contributed by atoms with van der Waals surface area (Å²) in [6.45, 7) is 2.32. The van der Waals surface area contributed by atoms with Crippen molar-refractivity contribution in [3.05, 3.63) is 54.6 Å². The summed E-state index contributed by atoms with van der Waals surface area (Å²) in [7, 11) is 0. The molecule has 1 fully saturated rings. The van der Waals surface area contributed by atoms with Crippen molar-refractivity contribution < 1.29 is 13.7 Å². The van der Waals surface area contributed by atoms with E-state index in [0.29, 0.717) is 18.8 Å². The quantitative estimate of drug-likeness (QED) is 0.503. The topological polar surface area (TPSA) is 77.0 Å². The molecule has 0 bridgehead atoms. The van der Waals surface area contributed by atoms with Crippen LogP contribution in [0.25, 0.3) is 33.9 Å². The van der Waals surface area contributed by atoms with Crippen LogP contribution in [0.5, 0.6) is 0 Å². The monoisotopic (exact) mass is 405 g/mol. The molecule has 5 rings (SSSR count). The summed E-state index contributed by atoms with van der Waals surface area (Å²) < 4.78 is 21.2. The Bertz CT molecular complexity index is 1210. The molecule has 7 nitrogen and oxygen atoms in total. The number of aryl methyl sites for hydroxylation is 1. The van der Waals surface area contributed by atoms with E-state index in [2.05, 4.69) is 15.1 Å². The normalized spacial score (nSPS) is 14.0. The van der Waals surface area contributed by atoms with Crippen molar-refractivity contribution in [2.75, 3.05) is 13.1 Å². The van der Waals surface area contributed by atoms with Crippen LogP contribution >= 0.6 is 0 Å². The molecule has 0 saturated carbocycles. The second kappa shape index (κ2) is 7.70. The minimum Gasteiger partial charge on any atom is -0.343 e. The van der Waals surface area contributed by atoms with Gasteiger partial charge in [0.05, 0.1) is 22.9 Å². The molecule has 2 aromatic heterocycles. The molecule has 152 valence electrons. The molecule has 0 spiro atoms. The van der Waals surface area contributed by atoms with Crippen LogP contribution < -0.4 is 0 Å². The molecule has 0 atom stereocenters. The number of hydrogen-bond donors (Lipinski definition) is 0. The molecule has 0 radical (unpaired) electrons. The zero-order valence-electron chi connectivity index (χ0n) is 16.3. The van der Waals surface area contributed by atoms with Crippen LogP contribution in [0.3, 0.4) is 0 Å². The van der Waals surface area contributed by atoms with E-state index in [1.165, 1.54) is 6.07 Å². The number of halogens is 1. The fraction of sp³-hybridized carbons (Fsp3) is 0.273. The van der Waals surface area contributed by atoms with E-state index >= 15 is 0 Å². The SMILES string of the molecule is O=C(CCn1cnc2cc(-c3noc(-c4ccccc4F)n3)ccc21)N1CCCC1. The minimum absolute atomic E-state index is 0.133. The first-order valence-corrected chi connectivity index (χ1v) is 10.0. The van der Waals surface area contributed by atoms with Gasteiger partial charge in [0.1, 0.15) is 5.82 Å². The Balaban J connectivity index is 1.35. The molecule has 0 unspecified atom stereocenters. The van der Waals surface area contributed by atoms with Crippen LogP contribution in [0, 0.1) is 5.82 Å². The maximum absolute atomic E-state index is 14.0. The van der Waals surface area contributed by atoms with E-state index < -0.39 is 5.82 Å². The van der Waals surface area contributed by atoms with E-state index in [1.807, 2.05) is 27.7 Å². The maximum Gasteiger partial charge on any atom is 0.261 e. The first-order valence-electron chi connectivity index (χ1n) is 10.0. The maximum atomic E-state index is 14.0. The van der Waals surface area contributed by atoms with Crippen LogP contribution in [-0.4, -0.2) is 43.6 Å². The van der Waals surface area contributed by atoms with Gasteiger partial charge in [0, 0.05) is 31.6 Å². The highest BCUT2D eigenvalue weighted by Gasteiger charge is 2.18. The first kappa shape index (κ1) is 18.5. The lowest BCUT2D eigenvalue weighted by Crippen LogP contribution is -2.28. The van der Waals surface area contributed by atoms with Gasteiger partial charge in [-0.2, -0.15) is 4.98 Å². The van der Waals surface area contributed by atoms with Crippen molar-refractivity contribution in [1.82, 2.24) is 24.6 Å². The zero-order valence-corrected chi connectivity index (χ0v) is 16.3. The molecule has 8 heteroatoms. The molecule has 0 N–H and O–H groups in total. The summed E-state index contributed by atoms with van der Waals surface area (Å²) in [6, 6.07) is 11.9. The molecular formula is C22H20FN5O2. The number of hydrogen-bond acceptors (Lipinski definition) is 5. The van der Waals surface area contributed by atoms with Crippen LogP contribution in [0.2, 0.25) is 0 Å². The van der Waals surface area contributed by atoms with Crippen LogP contribution in [-0.2, 0) is 11.3 Å². The largest absolute Gasteiger partial charge is 0.343 e. The van der Waals surface area contributed by atoms with Gasteiger partial charge in [0.25, 0.3) is 5.89 Å². The number of carbonyl (C=O) groups is 1. The van der Waals surface area contributed by atoms with Gasteiger partial charge >= 0.3 is 0 Å². The van der Waals surface area contributed by atoms with Gasteiger partial charge in [-0.3, -0.25) is 4.79 Å². The number of fused-ring (bicyclic) bond motifs is 1. The summed E-state index contributed by atoms with van der Waals surface area (Å²) in [5, 5.41) is 3.98. The third-order valence-electron chi connectivity index (χ3n) is 5.43. The second-order valence-electron chi connectivity index (χ2n) is 7.38. The number of benzene rings is 2. The molecule has 1 amide bonds. The van der Waals surface area contributed by atoms with Gasteiger partial charge < -0.3 is 14.0 Å². The number of likely N-dealkylation sites (tertiary alicyclic amines) is 1. The Hall–Kier alpha value is -3.55. The lowest BCUT2D eigenvalue weighted by atomic mass is 10.2. The third-order valence-corrected chi connectivity index (χ3v) is 5.43. The fourth-order valence-electron chi connectivity index (χ4n) is 3.81. The standard InChI is InChI=1S/C22H20FN5O2/c23-17-6-2-1-5-16(17)22-25-21(26-30-22)15-7-8-19-18(13-15)24-14-28(19)12-9-20(29)27-10-3-4-11-27/h1-2,5-8,13-14H,3-4,9-12H2. The zero-order chi connectivity index (χ0) is 20.5. The van der Waals surface area contributed by atoms with Crippen LogP contribution in [0.1, 0.15) is 19.3 Å². The van der Waals surface area contributed by atoms with E-state index in [1.54, 1.807) is 24.5 Å². The van der Waals surface area contributed by atoms with Crippen LogP contribution in [0.15, 0.2) is 53.3 Å². The lowest BCUT2D eigenvalue weighted by molar-refractivity contribution is -0.130. The number of aromatic nitrogens is 4. The fourth-order valence-corrected chi connectivity index (χ4v) is 3.81. The van der Waals surface area contributed by atoms with Gasteiger partial charge in [-0.15, -0.1) is 0 Å². The van der Waals surface area contributed by atoms with Gasteiger partial charge in [-0.1, -0.05) is 17.3 Å². The van der Waals surface area contributed by atoms with Gasteiger partial charge in [0.2, 0.25) is 11.7 Å². The summed E-state index contributed by atoms with van der Waals surface area (Å²) >= 11 is 0. The Morgan fingerprint density at radius 1 is 1.13 bits per heavy atom. The van der Waals surface area contributed by atoms with E-state index in [9.17, 15) is 9.18 Å². The van der Waals surface area contributed by atoms with Gasteiger partial charge in [0.15, 0.2) is 0 Å². The average Bonchev–Trinajstić information content (AvgIpc) is 3.53. The Morgan fingerprint density at radius 2 is 1.97 bits per heavy atom. The van der Waals surface area contributed by atoms with Gasteiger partial charge in [-0.05, 0) is 43.2 Å². The summed E-state index contributed by atoms with van der Waals surface area (Å²) in [6.07, 6.45) is 4.39. The molecule has 1 aliphatic heterocycles. The Labute approximate surface area is 172 Å². The van der Waals surface area contributed by atoms with Crippen molar-refractivity contribution >= 4 is 16.9 Å². The third kappa shape index (κ3) is 3.45. The highest BCUT2D eigenvalue weighted by molar-refractivity contribution is 5.81. The van der Waals surface area contributed by atoms with Crippen LogP contribution in [0.4, 0.5) is 4.39 Å². The van der Waals surface area contributed by atoms with E-state index in [0.717, 1.165) is 42.5 Å². The van der Waals surface area contributed by atoms with Crippen molar-refractivity contribution in [2.24, 2.45) is 0 Å². The Kier molecular flexibility index (Phi) is 4.74. The van der Waals surface area contributed by atoms with E-state index in [4.69, 9.17) is 4.52 Å². The highest BCUT2D eigenvalue weighted by atomic mass is 19.1. The molecule has 1 aliphatic rings. The van der Waals surface area contributed by atoms with E-state index in [-0.39, 0.29) is 17.4 Å². The smallest absolute Gasteiger partial charge is 0.261 e. The molecule has 1 saturated heterocycles. The summed E-state index contributed by atoms with van der Waals surface area (Å²) in [4.78, 5) is 23.0. The molecule has 4 aromatic rings. The van der Waals surface area contributed by atoms with Crippen molar-refractivity contribution in [3.63, 3.8) is 0 Å². The van der Waals surface area contributed by atoms with Crippen molar-refractivity contribution in [1.29, 1.82) is 0 Å². The lowest BCUT2D eigenvalue weighted by Gasteiger charge is -2.15. The molecule has 0 aliphatic carbocycles. The predicted octanol–water partition coefficient (Wildman–Crippen LogP) is 3.90. The number of rotatable bonds is 5. The molecule has 3 heterocycles. The average molecular weight is 405 g/mol. The summed E-state index contributed by atoms with van der Waals surface area (Å²) in [5.41, 5.74) is 2.71. The summed E-state index contributed by atoms with van der Waals surface area (Å²) in [5.74, 6) is 0.284. The number of imidazole rings is 1. The van der Waals surface area contributed by atoms with Crippen molar-refractivity contribution in [2.45, 2.75) is 25.8 Å². The number of nitrogens with zero attached hydrogens (tertiary/aromatic N) is 5. The molecule has 30 heavy (non-hydrogen) atoms. The predicted molar refractivity (Wildman–Crippen MR) is 109 cm³/mol. The molecule has 2 aromatic carbocycles. The highest BCUT2D eigenvalue weighted by Crippen LogP contribution is 2.26. The van der Waals surface area contributed by atoms with Crippen molar-refractivity contribution in [3.8, 4) is 22.8 Å².